The number of hydrogen-bond acceptors (Lipinski definition) is 4. The number of aromatic nitrogens is 3. The summed E-state index contributed by atoms with van der Waals surface area (Å²) in [6.45, 7) is 0.612. The first-order chi connectivity index (χ1) is 13.3. The zero-order valence-electron chi connectivity index (χ0n) is 14.5. The Morgan fingerprint density at radius 1 is 0.852 bits per heavy atom. The fourth-order valence-electron chi connectivity index (χ4n) is 2.76. The van der Waals surface area contributed by atoms with E-state index in [4.69, 9.17) is 0 Å². The van der Waals surface area contributed by atoms with Crippen LogP contribution < -0.4 is 5.32 Å². The summed E-state index contributed by atoms with van der Waals surface area (Å²) in [6.07, 6.45) is 3.39. The van der Waals surface area contributed by atoms with Gasteiger partial charge in [-0.2, -0.15) is 0 Å². The van der Waals surface area contributed by atoms with E-state index in [9.17, 15) is 4.39 Å². The number of hydrogen-bond donors (Lipinski definition) is 1. The molecule has 0 saturated carbocycles. The monoisotopic (exact) mass is 356 g/mol. The Morgan fingerprint density at radius 3 is 2.44 bits per heavy atom. The number of nitrogens with one attached hydrogen (secondary N) is 1. The lowest BCUT2D eigenvalue weighted by molar-refractivity contribution is 0.630. The van der Waals surface area contributed by atoms with E-state index in [0.29, 0.717) is 29.4 Å². The fraction of sp³-hybridized carbons (Fsp3) is 0.0455. The van der Waals surface area contributed by atoms with Gasteiger partial charge < -0.3 is 5.32 Å². The molecule has 0 aliphatic rings. The number of halogens is 1. The lowest BCUT2D eigenvalue weighted by Gasteiger charge is -2.11. The molecule has 4 aromatic rings. The van der Waals surface area contributed by atoms with Gasteiger partial charge in [0.2, 0.25) is 0 Å². The van der Waals surface area contributed by atoms with Gasteiger partial charge in [-0.25, -0.2) is 14.4 Å². The van der Waals surface area contributed by atoms with Crippen LogP contribution in [0.4, 0.5) is 10.2 Å². The Morgan fingerprint density at radius 2 is 1.67 bits per heavy atom. The first-order valence-electron chi connectivity index (χ1n) is 8.62. The smallest absolute Gasteiger partial charge is 0.163 e. The second-order valence-corrected chi connectivity index (χ2v) is 6.02. The lowest BCUT2D eigenvalue weighted by atomic mass is 10.1. The van der Waals surface area contributed by atoms with Gasteiger partial charge in [0.25, 0.3) is 0 Å². The maximum absolute atomic E-state index is 14.3. The Bertz CT molecular complexity index is 1040. The normalized spacial score (nSPS) is 10.6. The van der Waals surface area contributed by atoms with Gasteiger partial charge in [0.15, 0.2) is 5.82 Å². The minimum absolute atomic E-state index is 0.317. The van der Waals surface area contributed by atoms with Crippen LogP contribution in [0.15, 0.2) is 85.2 Å². The highest BCUT2D eigenvalue weighted by atomic mass is 19.1. The van der Waals surface area contributed by atoms with Crippen LogP contribution in [0.5, 0.6) is 0 Å². The van der Waals surface area contributed by atoms with Crippen LogP contribution >= 0.6 is 0 Å². The molecule has 0 atom stereocenters. The summed E-state index contributed by atoms with van der Waals surface area (Å²) in [4.78, 5) is 13.3. The van der Waals surface area contributed by atoms with E-state index in [1.165, 1.54) is 6.07 Å². The molecule has 0 unspecified atom stereocenters. The van der Waals surface area contributed by atoms with E-state index in [-0.39, 0.29) is 5.82 Å². The maximum Gasteiger partial charge on any atom is 0.163 e. The summed E-state index contributed by atoms with van der Waals surface area (Å²) < 4.78 is 14.3. The third kappa shape index (κ3) is 3.98. The molecule has 4 rings (SSSR count). The summed E-state index contributed by atoms with van der Waals surface area (Å²) in [6, 6.07) is 22.1. The molecule has 0 aliphatic heterocycles. The van der Waals surface area contributed by atoms with E-state index in [0.717, 1.165) is 11.1 Å². The minimum atomic E-state index is -0.317. The molecule has 27 heavy (non-hydrogen) atoms. The predicted molar refractivity (Wildman–Crippen MR) is 104 cm³/mol. The van der Waals surface area contributed by atoms with Crippen LogP contribution in [0, 0.1) is 5.82 Å². The first kappa shape index (κ1) is 16.8. The van der Waals surface area contributed by atoms with E-state index < -0.39 is 0 Å². The molecule has 2 aromatic heterocycles. The Labute approximate surface area is 156 Å². The van der Waals surface area contributed by atoms with Crippen LogP contribution in [0.25, 0.3) is 22.6 Å². The maximum atomic E-state index is 14.3. The molecule has 0 aliphatic carbocycles. The van der Waals surface area contributed by atoms with Crippen molar-refractivity contribution < 1.29 is 4.39 Å². The van der Waals surface area contributed by atoms with Gasteiger partial charge >= 0.3 is 0 Å². The Hall–Kier alpha value is -3.60. The van der Waals surface area contributed by atoms with Crippen molar-refractivity contribution in [1.29, 1.82) is 0 Å². The SMILES string of the molecule is Fc1ccccc1-c1cc(NCc2ccccc2)nc(-c2cccnc2)n1. The summed E-state index contributed by atoms with van der Waals surface area (Å²) in [7, 11) is 0. The van der Waals surface area contributed by atoms with Gasteiger partial charge in [-0.15, -0.1) is 0 Å². The van der Waals surface area contributed by atoms with Gasteiger partial charge in [0.05, 0.1) is 5.69 Å². The molecule has 1 N–H and O–H groups in total. The van der Waals surface area contributed by atoms with E-state index in [1.807, 2.05) is 42.5 Å². The molecule has 0 fully saturated rings. The van der Waals surface area contributed by atoms with Crippen molar-refractivity contribution in [1.82, 2.24) is 15.0 Å². The number of nitrogens with zero attached hydrogens (tertiary/aromatic N) is 3. The molecule has 0 spiro atoms. The van der Waals surface area contributed by atoms with Crippen molar-refractivity contribution in [3.8, 4) is 22.6 Å². The molecule has 132 valence electrons. The molecule has 0 saturated heterocycles. The molecular formula is C22H17FN4. The summed E-state index contributed by atoms with van der Waals surface area (Å²) in [5.74, 6) is 0.813. The lowest BCUT2D eigenvalue weighted by Crippen LogP contribution is -2.04. The van der Waals surface area contributed by atoms with Gasteiger partial charge in [0, 0.05) is 36.1 Å². The molecule has 4 nitrogen and oxygen atoms in total. The molecule has 2 heterocycles. The van der Waals surface area contributed by atoms with Crippen LogP contribution in [-0.4, -0.2) is 15.0 Å². The Kier molecular flexibility index (Phi) is 4.83. The van der Waals surface area contributed by atoms with Crippen molar-refractivity contribution in [2.75, 3.05) is 5.32 Å². The molecule has 5 heteroatoms. The predicted octanol–water partition coefficient (Wildman–Crippen LogP) is 4.96. The molecule has 0 bridgehead atoms. The van der Waals surface area contributed by atoms with Crippen molar-refractivity contribution in [2.45, 2.75) is 6.54 Å². The van der Waals surface area contributed by atoms with Gasteiger partial charge in [0.1, 0.15) is 11.6 Å². The quantitative estimate of drug-likeness (QED) is 0.549. The fourth-order valence-corrected chi connectivity index (χ4v) is 2.76. The highest BCUT2D eigenvalue weighted by Crippen LogP contribution is 2.26. The molecule has 0 amide bonds. The second kappa shape index (κ2) is 7.74. The third-order valence-corrected chi connectivity index (χ3v) is 4.11. The number of benzene rings is 2. The first-order valence-corrected chi connectivity index (χ1v) is 8.62. The summed E-state index contributed by atoms with van der Waals surface area (Å²) in [5.41, 5.74) is 2.87. The average molecular weight is 356 g/mol. The van der Waals surface area contributed by atoms with Crippen LogP contribution in [0.1, 0.15) is 5.56 Å². The van der Waals surface area contributed by atoms with Crippen molar-refractivity contribution >= 4 is 5.82 Å². The van der Waals surface area contributed by atoms with E-state index >= 15 is 0 Å². The highest BCUT2D eigenvalue weighted by Gasteiger charge is 2.11. The molecule has 0 radical (unpaired) electrons. The second-order valence-electron chi connectivity index (χ2n) is 6.02. The van der Waals surface area contributed by atoms with Crippen LogP contribution in [-0.2, 0) is 6.54 Å². The van der Waals surface area contributed by atoms with Gasteiger partial charge in [-0.05, 0) is 29.8 Å². The Balaban J connectivity index is 1.74. The van der Waals surface area contributed by atoms with Gasteiger partial charge in [-0.1, -0.05) is 42.5 Å². The number of rotatable bonds is 5. The van der Waals surface area contributed by atoms with E-state index in [1.54, 1.807) is 36.7 Å². The average Bonchev–Trinajstić information content (AvgIpc) is 2.74. The minimum Gasteiger partial charge on any atom is -0.366 e. The molecule has 2 aromatic carbocycles. The third-order valence-electron chi connectivity index (χ3n) is 4.11. The van der Waals surface area contributed by atoms with Crippen LogP contribution in [0.2, 0.25) is 0 Å². The van der Waals surface area contributed by atoms with E-state index in [2.05, 4.69) is 20.3 Å². The standard InChI is InChI=1S/C22H17FN4/c23-19-11-5-4-10-18(19)20-13-21(25-14-16-7-2-1-3-8-16)27-22(26-20)17-9-6-12-24-15-17/h1-13,15H,14H2,(H,25,26,27). The number of pyridine rings is 1. The van der Waals surface area contributed by atoms with Crippen molar-refractivity contribution in [3.63, 3.8) is 0 Å². The van der Waals surface area contributed by atoms with Crippen molar-refractivity contribution in [3.05, 3.63) is 96.6 Å². The zero-order valence-corrected chi connectivity index (χ0v) is 14.5. The zero-order chi connectivity index (χ0) is 18.5. The highest BCUT2D eigenvalue weighted by molar-refractivity contribution is 5.67. The molecular weight excluding hydrogens is 339 g/mol. The number of anilines is 1. The topological polar surface area (TPSA) is 50.7 Å². The summed E-state index contributed by atoms with van der Waals surface area (Å²) in [5, 5.41) is 3.31. The van der Waals surface area contributed by atoms with Crippen molar-refractivity contribution in [2.24, 2.45) is 0 Å². The van der Waals surface area contributed by atoms with Gasteiger partial charge in [-0.3, -0.25) is 4.98 Å². The van der Waals surface area contributed by atoms with Crippen LogP contribution in [0.3, 0.4) is 0 Å². The summed E-state index contributed by atoms with van der Waals surface area (Å²) >= 11 is 0. The largest absolute Gasteiger partial charge is 0.366 e.